The van der Waals surface area contributed by atoms with Crippen LogP contribution in [0, 0.1) is 6.92 Å². The zero-order valence-electron chi connectivity index (χ0n) is 17.9. The predicted molar refractivity (Wildman–Crippen MR) is 121 cm³/mol. The van der Waals surface area contributed by atoms with Gasteiger partial charge < -0.3 is 15.2 Å². The van der Waals surface area contributed by atoms with Crippen molar-refractivity contribution in [2.45, 2.75) is 13.8 Å². The third-order valence-electron chi connectivity index (χ3n) is 4.81. The highest BCUT2D eigenvalue weighted by Crippen LogP contribution is 2.34. The summed E-state index contributed by atoms with van der Waals surface area (Å²) in [5, 5.41) is 13.0. The van der Waals surface area contributed by atoms with E-state index < -0.39 is 5.97 Å². The van der Waals surface area contributed by atoms with Crippen LogP contribution in [-0.4, -0.2) is 34.3 Å². The summed E-state index contributed by atoms with van der Waals surface area (Å²) in [6, 6.07) is 16.5. The molecule has 0 saturated carbocycles. The molecule has 4 aromatic rings. The number of rotatable bonds is 6. The van der Waals surface area contributed by atoms with Crippen LogP contribution in [0.25, 0.3) is 16.9 Å². The molecular weight excluding hydrogens is 408 g/mol. The number of nitrogens with two attached hydrogens (primary N) is 1. The van der Waals surface area contributed by atoms with Crippen molar-refractivity contribution in [2.24, 2.45) is 10.2 Å². The maximum absolute atomic E-state index is 12.8. The van der Waals surface area contributed by atoms with Crippen molar-refractivity contribution in [3.05, 3.63) is 65.9 Å². The second-order valence-electron chi connectivity index (χ2n) is 6.87. The van der Waals surface area contributed by atoms with Gasteiger partial charge in [0, 0.05) is 5.56 Å². The van der Waals surface area contributed by atoms with Gasteiger partial charge in [0.2, 0.25) is 0 Å². The van der Waals surface area contributed by atoms with Crippen LogP contribution in [0.5, 0.6) is 5.75 Å². The number of nitrogens with zero attached hydrogens (tertiary/aromatic N) is 5. The van der Waals surface area contributed by atoms with E-state index in [0.29, 0.717) is 34.0 Å². The van der Waals surface area contributed by atoms with Crippen LogP contribution in [0.2, 0.25) is 0 Å². The largest absolute Gasteiger partial charge is 0.497 e. The van der Waals surface area contributed by atoms with Crippen molar-refractivity contribution in [1.29, 1.82) is 0 Å². The molecule has 2 heterocycles. The second-order valence-corrected chi connectivity index (χ2v) is 6.87. The number of benzene rings is 2. The zero-order valence-corrected chi connectivity index (χ0v) is 17.9. The normalized spacial score (nSPS) is 11.2. The summed E-state index contributed by atoms with van der Waals surface area (Å²) in [5.74, 6) is 0.386. The monoisotopic (exact) mass is 430 g/mol. The van der Waals surface area contributed by atoms with Gasteiger partial charge in [0.1, 0.15) is 11.3 Å². The number of esters is 1. The Kier molecular flexibility index (Phi) is 5.80. The number of ether oxygens (including phenoxy) is 2. The molecule has 0 aliphatic carbocycles. The van der Waals surface area contributed by atoms with E-state index in [2.05, 4.69) is 20.3 Å². The molecule has 32 heavy (non-hydrogen) atoms. The summed E-state index contributed by atoms with van der Waals surface area (Å²) >= 11 is 0. The summed E-state index contributed by atoms with van der Waals surface area (Å²) in [7, 11) is 1.60. The Hall–Kier alpha value is -4.27. The van der Waals surface area contributed by atoms with E-state index in [0.717, 1.165) is 11.3 Å². The third-order valence-corrected chi connectivity index (χ3v) is 4.81. The Morgan fingerprint density at radius 1 is 1.09 bits per heavy atom. The minimum absolute atomic E-state index is 0.146. The first-order valence-corrected chi connectivity index (χ1v) is 10.0. The van der Waals surface area contributed by atoms with Gasteiger partial charge in [-0.15, -0.1) is 10.2 Å². The fourth-order valence-electron chi connectivity index (χ4n) is 3.33. The molecule has 2 aromatic heterocycles. The van der Waals surface area contributed by atoms with Gasteiger partial charge >= 0.3 is 5.97 Å². The number of carbonyl (C=O) groups is 1. The molecule has 0 bridgehead atoms. The number of azo groups is 1. The van der Waals surface area contributed by atoms with Crippen LogP contribution in [0.15, 0.2) is 64.8 Å². The molecule has 9 heteroatoms. The van der Waals surface area contributed by atoms with Crippen LogP contribution in [0.3, 0.4) is 0 Å². The Bertz CT molecular complexity index is 1300. The molecule has 2 aromatic carbocycles. The van der Waals surface area contributed by atoms with Crippen molar-refractivity contribution in [3.63, 3.8) is 0 Å². The SMILES string of the molecule is CCOC(=O)c1c(C)nc2c(N=Nc3ccc(OC)cc3)c(N)nn2c1-c1ccccc1. The van der Waals surface area contributed by atoms with E-state index in [1.165, 1.54) is 4.52 Å². The van der Waals surface area contributed by atoms with Crippen LogP contribution in [-0.2, 0) is 4.74 Å². The van der Waals surface area contributed by atoms with Crippen molar-refractivity contribution in [1.82, 2.24) is 14.6 Å². The Labute approximate surface area is 184 Å². The number of hydrogen-bond acceptors (Lipinski definition) is 8. The first kappa shape index (κ1) is 21.0. The maximum atomic E-state index is 12.8. The molecule has 0 aliphatic heterocycles. The van der Waals surface area contributed by atoms with E-state index >= 15 is 0 Å². The van der Waals surface area contributed by atoms with Gasteiger partial charge in [-0.05, 0) is 38.1 Å². The average molecular weight is 430 g/mol. The number of anilines is 1. The molecule has 0 spiro atoms. The summed E-state index contributed by atoms with van der Waals surface area (Å²) in [6.07, 6.45) is 0. The van der Waals surface area contributed by atoms with Crippen molar-refractivity contribution >= 4 is 28.8 Å². The number of aromatic nitrogens is 3. The van der Waals surface area contributed by atoms with Gasteiger partial charge in [0.05, 0.1) is 30.8 Å². The Morgan fingerprint density at radius 3 is 2.47 bits per heavy atom. The van der Waals surface area contributed by atoms with Crippen molar-refractivity contribution < 1.29 is 14.3 Å². The minimum atomic E-state index is -0.478. The van der Waals surface area contributed by atoms with E-state index in [-0.39, 0.29) is 12.4 Å². The van der Waals surface area contributed by atoms with Crippen molar-refractivity contribution in [3.8, 4) is 17.0 Å². The van der Waals surface area contributed by atoms with Crippen molar-refractivity contribution in [2.75, 3.05) is 19.5 Å². The maximum Gasteiger partial charge on any atom is 0.342 e. The van der Waals surface area contributed by atoms with E-state index in [1.54, 1.807) is 45.2 Å². The van der Waals surface area contributed by atoms with E-state index in [4.69, 9.17) is 15.2 Å². The fraction of sp³-hybridized carbons (Fsp3) is 0.174. The highest BCUT2D eigenvalue weighted by Gasteiger charge is 2.25. The molecule has 2 N–H and O–H groups in total. The van der Waals surface area contributed by atoms with Crippen LogP contribution in [0.1, 0.15) is 23.0 Å². The van der Waals surface area contributed by atoms with Gasteiger partial charge in [-0.3, -0.25) is 0 Å². The molecule has 4 rings (SSSR count). The number of methoxy groups -OCH3 is 1. The number of nitrogen functional groups attached to an aromatic ring is 1. The lowest BCUT2D eigenvalue weighted by atomic mass is 10.0. The first-order chi connectivity index (χ1) is 15.5. The zero-order chi connectivity index (χ0) is 22.7. The van der Waals surface area contributed by atoms with Crippen LogP contribution >= 0.6 is 0 Å². The lowest BCUT2D eigenvalue weighted by Crippen LogP contribution is -2.14. The summed E-state index contributed by atoms with van der Waals surface area (Å²) in [5.41, 5.74) is 9.62. The topological polar surface area (TPSA) is 116 Å². The van der Waals surface area contributed by atoms with Gasteiger partial charge in [-0.25, -0.2) is 14.3 Å². The standard InChI is InChI=1S/C23H22N6O3/c1-4-32-23(30)18-14(2)25-22-19(27-26-16-10-12-17(31-3)13-11-16)21(24)28-29(22)20(18)15-8-6-5-7-9-15/h5-13H,4H2,1-3H3,(H2,24,28). The lowest BCUT2D eigenvalue weighted by molar-refractivity contribution is 0.0525. The highest BCUT2D eigenvalue weighted by molar-refractivity contribution is 5.98. The molecule has 0 saturated heterocycles. The Morgan fingerprint density at radius 2 is 1.81 bits per heavy atom. The highest BCUT2D eigenvalue weighted by atomic mass is 16.5. The predicted octanol–water partition coefficient (Wildman–Crippen LogP) is 4.89. The lowest BCUT2D eigenvalue weighted by Gasteiger charge is -2.13. The molecule has 0 unspecified atom stereocenters. The molecule has 0 amide bonds. The van der Waals surface area contributed by atoms with E-state index in [1.807, 2.05) is 30.3 Å². The molecular formula is C23H22N6O3. The molecule has 0 fully saturated rings. The Balaban J connectivity index is 1.90. The molecule has 0 aliphatic rings. The number of carbonyl (C=O) groups excluding carboxylic acids is 1. The smallest absolute Gasteiger partial charge is 0.342 e. The summed E-state index contributed by atoms with van der Waals surface area (Å²) in [6.45, 7) is 3.74. The van der Waals surface area contributed by atoms with Gasteiger partial charge in [0.25, 0.3) is 0 Å². The fourth-order valence-corrected chi connectivity index (χ4v) is 3.33. The van der Waals surface area contributed by atoms with Gasteiger partial charge in [-0.2, -0.15) is 5.11 Å². The molecule has 0 atom stereocenters. The number of hydrogen-bond donors (Lipinski definition) is 1. The number of aryl methyl sites for hydroxylation is 1. The summed E-state index contributed by atoms with van der Waals surface area (Å²) in [4.78, 5) is 17.3. The van der Waals surface area contributed by atoms with Gasteiger partial charge in [0.15, 0.2) is 17.2 Å². The van der Waals surface area contributed by atoms with Gasteiger partial charge in [-0.1, -0.05) is 30.3 Å². The van der Waals surface area contributed by atoms with Crippen LogP contribution < -0.4 is 10.5 Å². The first-order valence-electron chi connectivity index (χ1n) is 10.0. The molecule has 162 valence electrons. The quantitative estimate of drug-likeness (QED) is 0.344. The van der Waals surface area contributed by atoms with Crippen LogP contribution in [0.4, 0.5) is 17.2 Å². The third kappa shape index (κ3) is 3.87. The minimum Gasteiger partial charge on any atom is -0.497 e. The molecule has 0 radical (unpaired) electrons. The average Bonchev–Trinajstić information content (AvgIpc) is 3.12. The molecule has 9 nitrogen and oxygen atoms in total. The van der Waals surface area contributed by atoms with E-state index in [9.17, 15) is 4.79 Å². The number of fused-ring (bicyclic) bond motifs is 1. The second kappa shape index (κ2) is 8.84. The summed E-state index contributed by atoms with van der Waals surface area (Å²) < 4.78 is 12.0.